The highest BCUT2D eigenvalue weighted by atomic mass is 16.5. The molecule has 9 nitrogen and oxygen atoms in total. The van der Waals surface area contributed by atoms with Crippen molar-refractivity contribution in [3.63, 3.8) is 0 Å². The molecule has 0 atom stereocenters. The summed E-state index contributed by atoms with van der Waals surface area (Å²) in [7, 11) is 0. The Morgan fingerprint density at radius 2 is 2.16 bits per heavy atom. The van der Waals surface area contributed by atoms with Crippen LogP contribution in [0.25, 0.3) is 0 Å². The molecule has 0 bridgehead atoms. The van der Waals surface area contributed by atoms with Gasteiger partial charge in [0.25, 0.3) is 5.91 Å². The Balaban J connectivity index is 1.87. The van der Waals surface area contributed by atoms with Gasteiger partial charge in [-0.15, -0.1) is 0 Å². The second-order valence-corrected chi connectivity index (χ2v) is 3.30. The van der Waals surface area contributed by atoms with Gasteiger partial charge in [0.05, 0.1) is 0 Å². The zero-order valence-electron chi connectivity index (χ0n) is 9.57. The quantitative estimate of drug-likeness (QED) is 0.727. The van der Waals surface area contributed by atoms with Crippen LogP contribution in [-0.4, -0.2) is 33.6 Å². The number of carbonyl (C=O) groups excluding carboxylic acids is 2. The van der Waals surface area contributed by atoms with E-state index in [1.54, 1.807) is 0 Å². The number of rotatable bonds is 4. The van der Waals surface area contributed by atoms with Gasteiger partial charge in [0.15, 0.2) is 23.9 Å². The van der Waals surface area contributed by atoms with Gasteiger partial charge in [-0.1, -0.05) is 5.16 Å². The summed E-state index contributed by atoms with van der Waals surface area (Å²) in [6.07, 6.45) is 3.92. The molecule has 2 rings (SSSR count). The molecule has 0 fully saturated rings. The number of ether oxygens (including phenoxy) is 1. The van der Waals surface area contributed by atoms with Crippen LogP contribution in [0.3, 0.4) is 0 Å². The third kappa shape index (κ3) is 3.25. The first-order valence-electron chi connectivity index (χ1n) is 5.10. The number of nitrogens with two attached hydrogens (primary N) is 1. The molecule has 2 heterocycles. The van der Waals surface area contributed by atoms with Crippen LogP contribution < -0.4 is 11.1 Å². The second kappa shape index (κ2) is 5.58. The molecule has 3 N–H and O–H groups in total. The fourth-order valence-electron chi connectivity index (χ4n) is 1.16. The predicted molar refractivity (Wildman–Crippen MR) is 61.9 cm³/mol. The van der Waals surface area contributed by atoms with Gasteiger partial charge in [-0.25, -0.2) is 14.8 Å². The number of aromatic nitrogens is 3. The average Bonchev–Trinajstić information content (AvgIpc) is 2.89. The number of carbonyl (C=O) groups is 2. The van der Waals surface area contributed by atoms with Crippen molar-refractivity contribution in [2.75, 3.05) is 17.7 Å². The summed E-state index contributed by atoms with van der Waals surface area (Å²) in [5, 5.41) is 5.82. The first-order chi connectivity index (χ1) is 9.16. The number of nitrogens with zero attached hydrogens (tertiary/aromatic N) is 3. The van der Waals surface area contributed by atoms with Crippen LogP contribution >= 0.6 is 0 Å². The molecule has 1 amide bonds. The Labute approximate surface area is 106 Å². The molecule has 9 heteroatoms. The number of esters is 1. The third-order valence-electron chi connectivity index (χ3n) is 1.96. The molecule has 98 valence electrons. The number of hydrogen-bond acceptors (Lipinski definition) is 8. The van der Waals surface area contributed by atoms with E-state index in [4.69, 9.17) is 10.5 Å². The van der Waals surface area contributed by atoms with Gasteiger partial charge in [-0.3, -0.25) is 4.79 Å². The van der Waals surface area contributed by atoms with Gasteiger partial charge in [0.1, 0.15) is 6.26 Å². The van der Waals surface area contributed by atoms with Crippen molar-refractivity contribution < 1.29 is 18.8 Å². The summed E-state index contributed by atoms with van der Waals surface area (Å²) in [6, 6.07) is 1.44. The zero-order valence-corrected chi connectivity index (χ0v) is 9.57. The highest BCUT2D eigenvalue weighted by Crippen LogP contribution is 2.05. The monoisotopic (exact) mass is 263 g/mol. The number of nitrogens with one attached hydrogen (secondary N) is 1. The molecule has 2 aromatic heterocycles. The summed E-state index contributed by atoms with van der Waals surface area (Å²) < 4.78 is 9.25. The Kier molecular flexibility index (Phi) is 3.67. The number of amides is 1. The standard InChI is InChI=1S/C10H9N5O4/c11-9-8(12-2-3-13-9)10(17)18-5-7(16)14-6-1-4-19-15-6/h1-4H,5H2,(H2,11,13)(H,14,15,16). The zero-order chi connectivity index (χ0) is 13.7. The molecular weight excluding hydrogens is 254 g/mol. The SMILES string of the molecule is Nc1nccnc1C(=O)OCC(=O)Nc1ccon1. The highest BCUT2D eigenvalue weighted by molar-refractivity contribution is 5.95. The largest absolute Gasteiger partial charge is 0.451 e. The molecule has 0 aromatic carbocycles. The van der Waals surface area contributed by atoms with Gasteiger partial charge in [0, 0.05) is 18.5 Å². The van der Waals surface area contributed by atoms with Crippen molar-refractivity contribution in [3.05, 3.63) is 30.4 Å². The molecule has 0 spiro atoms. The summed E-state index contributed by atoms with van der Waals surface area (Å²) in [5.74, 6) is -1.24. The minimum Gasteiger partial charge on any atom is -0.451 e. The Morgan fingerprint density at radius 3 is 2.84 bits per heavy atom. The van der Waals surface area contributed by atoms with Crippen molar-refractivity contribution in [2.24, 2.45) is 0 Å². The van der Waals surface area contributed by atoms with Gasteiger partial charge in [0.2, 0.25) is 0 Å². The smallest absolute Gasteiger partial charge is 0.361 e. The summed E-state index contributed by atoms with van der Waals surface area (Å²) in [4.78, 5) is 30.3. The molecule has 0 aliphatic heterocycles. The van der Waals surface area contributed by atoms with Gasteiger partial charge >= 0.3 is 5.97 Å². The van der Waals surface area contributed by atoms with E-state index in [1.165, 1.54) is 24.7 Å². The van der Waals surface area contributed by atoms with Gasteiger partial charge in [-0.2, -0.15) is 0 Å². The minimum atomic E-state index is -0.832. The maximum atomic E-state index is 11.6. The molecule has 0 aliphatic carbocycles. The lowest BCUT2D eigenvalue weighted by molar-refractivity contribution is -0.119. The molecule has 0 unspecified atom stereocenters. The van der Waals surface area contributed by atoms with Gasteiger partial charge in [-0.05, 0) is 0 Å². The first-order valence-corrected chi connectivity index (χ1v) is 5.10. The Hall–Kier alpha value is -2.97. The van der Waals surface area contributed by atoms with E-state index in [2.05, 4.69) is 25.0 Å². The van der Waals surface area contributed by atoms with Crippen LogP contribution in [0, 0.1) is 0 Å². The first kappa shape index (κ1) is 12.5. The van der Waals surface area contributed by atoms with Crippen LogP contribution in [0.5, 0.6) is 0 Å². The summed E-state index contributed by atoms with van der Waals surface area (Å²) >= 11 is 0. The molecule has 19 heavy (non-hydrogen) atoms. The number of anilines is 2. The van der Waals surface area contributed by atoms with Crippen LogP contribution in [0.2, 0.25) is 0 Å². The van der Waals surface area contributed by atoms with E-state index in [-0.39, 0.29) is 17.3 Å². The molecule has 2 aromatic rings. The average molecular weight is 263 g/mol. The molecular formula is C10H9N5O4. The molecule has 0 saturated carbocycles. The molecule has 0 saturated heterocycles. The third-order valence-corrected chi connectivity index (χ3v) is 1.96. The van der Waals surface area contributed by atoms with Gasteiger partial charge < -0.3 is 20.3 Å². The second-order valence-electron chi connectivity index (χ2n) is 3.30. The summed E-state index contributed by atoms with van der Waals surface area (Å²) in [6.45, 7) is -0.498. The van der Waals surface area contributed by atoms with E-state index in [9.17, 15) is 9.59 Å². The molecule has 0 radical (unpaired) electrons. The topological polar surface area (TPSA) is 133 Å². The number of nitrogen functional groups attached to an aromatic ring is 1. The Bertz CT molecular complexity index is 583. The van der Waals surface area contributed by atoms with E-state index < -0.39 is 18.5 Å². The van der Waals surface area contributed by atoms with Crippen LogP contribution in [0.4, 0.5) is 11.6 Å². The van der Waals surface area contributed by atoms with Crippen molar-refractivity contribution in [1.82, 2.24) is 15.1 Å². The lowest BCUT2D eigenvalue weighted by Gasteiger charge is -2.04. The van der Waals surface area contributed by atoms with Crippen molar-refractivity contribution in [3.8, 4) is 0 Å². The fraction of sp³-hybridized carbons (Fsp3) is 0.100. The Morgan fingerprint density at radius 1 is 1.37 bits per heavy atom. The number of hydrogen-bond donors (Lipinski definition) is 2. The highest BCUT2D eigenvalue weighted by Gasteiger charge is 2.15. The maximum Gasteiger partial charge on any atom is 0.361 e. The van der Waals surface area contributed by atoms with Crippen LogP contribution in [0.1, 0.15) is 10.5 Å². The molecule has 0 aliphatic rings. The lowest BCUT2D eigenvalue weighted by Crippen LogP contribution is -2.22. The van der Waals surface area contributed by atoms with Crippen molar-refractivity contribution >= 4 is 23.5 Å². The fourth-order valence-corrected chi connectivity index (χ4v) is 1.16. The predicted octanol–water partition coefficient (Wildman–Crippen LogP) is -0.158. The van der Waals surface area contributed by atoms with E-state index in [0.717, 1.165) is 0 Å². The maximum absolute atomic E-state index is 11.6. The van der Waals surface area contributed by atoms with E-state index >= 15 is 0 Å². The van der Waals surface area contributed by atoms with E-state index in [0.29, 0.717) is 0 Å². The van der Waals surface area contributed by atoms with E-state index in [1.807, 2.05) is 0 Å². The summed E-state index contributed by atoms with van der Waals surface area (Å²) in [5.41, 5.74) is 5.30. The van der Waals surface area contributed by atoms with Crippen molar-refractivity contribution in [1.29, 1.82) is 0 Å². The minimum absolute atomic E-state index is 0.0654. The normalized spacial score (nSPS) is 9.89. The van der Waals surface area contributed by atoms with Crippen LogP contribution in [0.15, 0.2) is 29.2 Å². The van der Waals surface area contributed by atoms with Crippen molar-refractivity contribution in [2.45, 2.75) is 0 Å². The lowest BCUT2D eigenvalue weighted by atomic mass is 10.4. The van der Waals surface area contributed by atoms with Crippen LogP contribution in [-0.2, 0) is 9.53 Å².